The van der Waals surface area contributed by atoms with Crippen molar-refractivity contribution >= 4 is 55.3 Å². The van der Waals surface area contributed by atoms with Crippen LogP contribution in [0.1, 0.15) is 12.0 Å². The van der Waals surface area contributed by atoms with Crippen LogP contribution in [0.3, 0.4) is 0 Å². The first-order valence-electron chi connectivity index (χ1n) is 8.39. The van der Waals surface area contributed by atoms with E-state index >= 15 is 0 Å². The Morgan fingerprint density at radius 1 is 1.12 bits per heavy atom. The quantitative estimate of drug-likeness (QED) is 0.546. The van der Waals surface area contributed by atoms with Crippen LogP contribution >= 0.6 is 31.9 Å². The van der Waals surface area contributed by atoms with Crippen molar-refractivity contribution in [3.05, 3.63) is 29.8 Å². The van der Waals surface area contributed by atoms with Crippen molar-refractivity contribution in [3.8, 4) is 0 Å². The molecule has 25 heavy (non-hydrogen) atoms. The van der Waals surface area contributed by atoms with Gasteiger partial charge in [0, 0.05) is 15.3 Å². The molecule has 1 heterocycles. The number of halogens is 2. The molecule has 0 aromatic heterocycles. The van der Waals surface area contributed by atoms with Gasteiger partial charge < -0.3 is 5.32 Å². The number of benzene rings is 1. The first-order valence-corrected chi connectivity index (χ1v) is 10.2. The highest BCUT2D eigenvalue weighted by Crippen LogP contribution is 2.60. The van der Waals surface area contributed by atoms with Crippen LogP contribution in [0.5, 0.6) is 0 Å². The lowest BCUT2D eigenvalue weighted by Crippen LogP contribution is -2.39. The maximum Gasteiger partial charge on any atom is 0.244 e. The molecule has 4 rings (SSSR count). The molecule has 5 nitrogen and oxygen atoms in total. The maximum absolute atomic E-state index is 12.8. The molecule has 1 aromatic rings. The molecule has 3 aliphatic rings. The molecule has 1 aromatic carbocycles. The molecule has 2 bridgehead atoms. The number of hydrogen-bond donors (Lipinski definition) is 1. The van der Waals surface area contributed by atoms with Crippen LogP contribution in [0, 0.1) is 30.6 Å². The summed E-state index contributed by atoms with van der Waals surface area (Å²) < 4.78 is 0. The van der Waals surface area contributed by atoms with Gasteiger partial charge in [0.25, 0.3) is 0 Å². The molecule has 132 valence electrons. The molecule has 0 unspecified atom stereocenters. The topological polar surface area (TPSA) is 66.5 Å². The van der Waals surface area contributed by atoms with Crippen LogP contribution in [0.25, 0.3) is 0 Å². The molecule has 3 fully saturated rings. The predicted octanol–water partition coefficient (Wildman–Crippen LogP) is 2.71. The van der Waals surface area contributed by atoms with Crippen LogP contribution in [-0.2, 0) is 14.4 Å². The lowest BCUT2D eigenvalue weighted by Gasteiger charge is -2.28. The SMILES string of the molecule is Cc1ccccc1NC(=O)CN1C(=O)[C@@H]2[C@@H]3C[C@H]([C@H](Br)[C@@H]3Br)[C@@H]2C1=O. The predicted molar refractivity (Wildman–Crippen MR) is 101 cm³/mol. The van der Waals surface area contributed by atoms with Crippen LogP contribution in [-0.4, -0.2) is 38.8 Å². The number of aryl methyl sites for hydroxylation is 1. The average molecular weight is 470 g/mol. The van der Waals surface area contributed by atoms with Gasteiger partial charge in [0.2, 0.25) is 17.7 Å². The van der Waals surface area contributed by atoms with Crippen molar-refractivity contribution in [1.82, 2.24) is 4.90 Å². The van der Waals surface area contributed by atoms with E-state index in [2.05, 4.69) is 37.2 Å². The van der Waals surface area contributed by atoms with Gasteiger partial charge in [-0.05, 0) is 36.8 Å². The number of alkyl halides is 2. The molecule has 0 spiro atoms. The zero-order valence-corrected chi connectivity index (χ0v) is 16.8. The number of para-hydroxylation sites is 1. The second-order valence-corrected chi connectivity index (χ2v) is 9.24. The fraction of sp³-hybridized carbons (Fsp3) is 0.500. The largest absolute Gasteiger partial charge is 0.324 e. The third-order valence-electron chi connectivity index (χ3n) is 5.80. The summed E-state index contributed by atoms with van der Waals surface area (Å²) in [4.78, 5) is 39.5. The Morgan fingerprint density at radius 2 is 1.68 bits per heavy atom. The Kier molecular flexibility index (Phi) is 4.27. The number of nitrogens with zero attached hydrogens (tertiary/aromatic N) is 1. The summed E-state index contributed by atoms with van der Waals surface area (Å²) in [6, 6.07) is 7.43. The van der Waals surface area contributed by atoms with Crippen molar-refractivity contribution in [3.63, 3.8) is 0 Å². The van der Waals surface area contributed by atoms with Gasteiger partial charge in [0.1, 0.15) is 6.54 Å². The van der Waals surface area contributed by atoms with Crippen molar-refractivity contribution < 1.29 is 14.4 Å². The van der Waals surface area contributed by atoms with Crippen molar-refractivity contribution in [2.45, 2.75) is 23.0 Å². The van der Waals surface area contributed by atoms with Crippen molar-refractivity contribution in [1.29, 1.82) is 0 Å². The Balaban J connectivity index is 1.49. The monoisotopic (exact) mass is 468 g/mol. The van der Waals surface area contributed by atoms with Gasteiger partial charge >= 0.3 is 0 Å². The van der Waals surface area contributed by atoms with E-state index in [1.807, 2.05) is 25.1 Å². The van der Waals surface area contributed by atoms with Crippen molar-refractivity contribution in [2.75, 3.05) is 11.9 Å². The molecule has 6 atom stereocenters. The smallest absolute Gasteiger partial charge is 0.244 e. The Morgan fingerprint density at radius 3 is 2.24 bits per heavy atom. The molecule has 2 saturated carbocycles. The van der Waals surface area contributed by atoms with Gasteiger partial charge in [-0.1, -0.05) is 50.1 Å². The number of likely N-dealkylation sites (tertiary alicyclic amines) is 1. The van der Waals surface area contributed by atoms with E-state index in [1.165, 1.54) is 0 Å². The number of hydrogen-bond acceptors (Lipinski definition) is 3. The summed E-state index contributed by atoms with van der Waals surface area (Å²) in [6.45, 7) is 1.69. The Labute approximate surface area is 162 Å². The molecule has 3 amide bonds. The number of imide groups is 1. The third-order valence-corrected chi connectivity index (χ3v) is 9.01. The van der Waals surface area contributed by atoms with E-state index in [1.54, 1.807) is 6.07 Å². The summed E-state index contributed by atoms with van der Waals surface area (Å²) in [6.07, 6.45) is 0.891. The first-order chi connectivity index (χ1) is 11.9. The number of nitrogens with one attached hydrogen (secondary N) is 1. The molecule has 7 heteroatoms. The standard InChI is InChI=1S/C18H18Br2N2O3/c1-8-4-2-3-5-11(8)21-12(23)7-22-17(24)13-9-6-10(14(13)18(22)25)16(20)15(9)19/h2-5,9-10,13-16H,6-7H2,1H3,(H,21,23)/t9-,10-,13-,14+,15-,16+/m0/s1. The molecule has 1 N–H and O–H groups in total. The zero-order chi connectivity index (χ0) is 17.9. The number of rotatable bonds is 3. The van der Waals surface area contributed by atoms with Gasteiger partial charge in [-0.3, -0.25) is 19.3 Å². The number of carbonyl (C=O) groups excluding carboxylic acids is 3. The minimum Gasteiger partial charge on any atom is -0.324 e. The Bertz CT molecular complexity index is 736. The fourth-order valence-electron chi connectivity index (χ4n) is 4.61. The van der Waals surface area contributed by atoms with Gasteiger partial charge in [-0.15, -0.1) is 0 Å². The van der Waals surface area contributed by atoms with Gasteiger partial charge in [0.15, 0.2) is 0 Å². The lowest BCUT2D eigenvalue weighted by atomic mass is 9.81. The lowest BCUT2D eigenvalue weighted by molar-refractivity contribution is -0.143. The molecule has 1 aliphatic heterocycles. The molecular weight excluding hydrogens is 452 g/mol. The van der Waals surface area contributed by atoms with E-state index in [0.717, 1.165) is 16.9 Å². The summed E-state index contributed by atoms with van der Waals surface area (Å²) in [7, 11) is 0. The highest BCUT2D eigenvalue weighted by atomic mass is 79.9. The van der Waals surface area contributed by atoms with Gasteiger partial charge in [-0.25, -0.2) is 0 Å². The number of amides is 3. The van der Waals surface area contributed by atoms with Gasteiger partial charge in [0.05, 0.1) is 11.8 Å². The molecule has 0 radical (unpaired) electrons. The minimum absolute atomic E-state index is 0.167. The second kappa shape index (κ2) is 6.20. The maximum atomic E-state index is 12.8. The number of anilines is 1. The summed E-state index contributed by atoms with van der Waals surface area (Å²) in [5, 5.41) is 2.80. The minimum atomic E-state index is -0.339. The van der Waals surface area contributed by atoms with Crippen LogP contribution in [0.2, 0.25) is 0 Å². The number of fused-ring (bicyclic) bond motifs is 5. The average Bonchev–Trinajstić information content (AvgIpc) is 3.17. The molecule has 2 aliphatic carbocycles. The Hall–Kier alpha value is -1.21. The molecular formula is C18H18Br2N2O3. The highest BCUT2D eigenvalue weighted by Gasteiger charge is 2.66. The highest BCUT2D eigenvalue weighted by molar-refractivity contribution is 9.12. The second-order valence-electron chi connectivity index (χ2n) is 7.13. The fourth-order valence-corrected chi connectivity index (χ4v) is 6.49. The van der Waals surface area contributed by atoms with Crippen LogP contribution in [0.4, 0.5) is 5.69 Å². The van der Waals surface area contributed by atoms with Crippen LogP contribution in [0.15, 0.2) is 24.3 Å². The summed E-state index contributed by atoms with van der Waals surface area (Å²) in [5.41, 5.74) is 1.64. The third kappa shape index (κ3) is 2.58. The van der Waals surface area contributed by atoms with E-state index in [-0.39, 0.29) is 57.6 Å². The normalized spacial score (nSPS) is 36.0. The van der Waals surface area contributed by atoms with Gasteiger partial charge in [-0.2, -0.15) is 0 Å². The first kappa shape index (κ1) is 17.2. The van der Waals surface area contributed by atoms with Crippen molar-refractivity contribution in [2.24, 2.45) is 23.7 Å². The van der Waals surface area contributed by atoms with Crippen LogP contribution < -0.4 is 5.32 Å². The van der Waals surface area contributed by atoms with E-state index in [4.69, 9.17) is 0 Å². The van der Waals surface area contributed by atoms with E-state index in [9.17, 15) is 14.4 Å². The number of carbonyl (C=O) groups is 3. The molecule has 1 saturated heterocycles. The zero-order valence-electron chi connectivity index (χ0n) is 13.6. The summed E-state index contributed by atoms with van der Waals surface area (Å²) >= 11 is 7.32. The van der Waals surface area contributed by atoms with E-state index < -0.39 is 0 Å². The van der Waals surface area contributed by atoms with E-state index in [0.29, 0.717) is 5.69 Å². The summed E-state index contributed by atoms with van der Waals surface area (Å²) in [5.74, 6) is -0.934.